The summed E-state index contributed by atoms with van der Waals surface area (Å²) in [5.74, 6) is 0. The first-order valence-corrected chi connectivity index (χ1v) is 9.31. The number of hydrogen-bond donors (Lipinski definition) is 0. The Hall–Kier alpha value is -1.50. The first-order chi connectivity index (χ1) is 11.6. The maximum atomic E-state index is 6.73. The van der Waals surface area contributed by atoms with E-state index in [0.29, 0.717) is 0 Å². The van der Waals surface area contributed by atoms with Crippen molar-refractivity contribution < 1.29 is 0 Å². The minimum Gasteiger partial charge on any atom is -0.113 e. The van der Waals surface area contributed by atoms with E-state index in [0.717, 1.165) is 12.8 Å². The molecule has 4 rings (SSSR count). The van der Waals surface area contributed by atoms with Gasteiger partial charge in [-0.1, -0.05) is 48.6 Å². The number of alkyl halides is 2. The molecule has 2 aromatic rings. The Morgan fingerprint density at radius 1 is 0.708 bits per heavy atom. The molecule has 2 aliphatic carbocycles. The van der Waals surface area contributed by atoms with Gasteiger partial charge in [-0.2, -0.15) is 0 Å². The maximum Gasteiger partial charge on any atom is 0.0807 e. The molecule has 0 spiro atoms. The summed E-state index contributed by atoms with van der Waals surface area (Å²) in [5.41, 5.74) is 10.2. The second-order valence-electron chi connectivity index (χ2n) is 6.82. The number of allylic oxidation sites excluding steroid dienone is 2. The highest BCUT2D eigenvalue weighted by molar-refractivity contribution is 6.24. The number of fused-ring (bicyclic) bond motifs is 2. The van der Waals surface area contributed by atoms with Gasteiger partial charge in [-0.25, -0.2) is 0 Å². The molecule has 0 fully saturated rings. The molecule has 2 atom stereocenters. The standard InChI is InChI=1S/C22H20Cl2/c1-13-5-3-7-15-11-17(21(23)19(13)15)9-10-18-12-16-8-4-6-14(2)20(16)22(18)24/h3-8,11-12,21-22H,9-10H2,1-2H3. The van der Waals surface area contributed by atoms with Crippen molar-refractivity contribution in [3.63, 3.8) is 0 Å². The van der Waals surface area contributed by atoms with Crippen molar-refractivity contribution in [1.29, 1.82) is 0 Å². The van der Waals surface area contributed by atoms with Gasteiger partial charge in [0.15, 0.2) is 0 Å². The molecule has 0 N–H and O–H groups in total. The maximum absolute atomic E-state index is 6.73. The Labute approximate surface area is 153 Å². The third kappa shape index (κ3) is 2.53. The van der Waals surface area contributed by atoms with Crippen LogP contribution in [0.1, 0.15) is 57.0 Å². The molecule has 0 saturated carbocycles. The molecular formula is C22H20Cl2. The molecule has 0 nitrogen and oxygen atoms in total. The van der Waals surface area contributed by atoms with Gasteiger partial charge in [-0.3, -0.25) is 0 Å². The largest absolute Gasteiger partial charge is 0.113 e. The van der Waals surface area contributed by atoms with Crippen molar-refractivity contribution in [2.45, 2.75) is 37.4 Å². The number of rotatable bonds is 3. The van der Waals surface area contributed by atoms with Crippen molar-refractivity contribution in [1.82, 2.24) is 0 Å². The molecule has 24 heavy (non-hydrogen) atoms. The van der Waals surface area contributed by atoms with Gasteiger partial charge in [0.25, 0.3) is 0 Å². The van der Waals surface area contributed by atoms with Crippen LogP contribution >= 0.6 is 23.2 Å². The van der Waals surface area contributed by atoms with Crippen molar-refractivity contribution in [3.05, 3.63) is 80.9 Å². The second kappa shape index (κ2) is 6.10. The van der Waals surface area contributed by atoms with Crippen LogP contribution in [-0.2, 0) is 0 Å². The molecule has 0 radical (unpaired) electrons. The zero-order chi connectivity index (χ0) is 16.8. The molecule has 2 heteroatoms. The zero-order valence-electron chi connectivity index (χ0n) is 13.9. The summed E-state index contributed by atoms with van der Waals surface area (Å²) in [6, 6.07) is 12.8. The van der Waals surface area contributed by atoms with E-state index in [4.69, 9.17) is 23.2 Å². The van der Waals surface area contributed by atoms with E-state index in [1.807, 2.05) is 0 Å². The molecule has 2 unspecified atom stereocenters. The van der Waals surface area contributed by atoms with Gasteiger partial charge in [0.1, 0.15) is 0 Å². The average molecular weight is 355 g/mol. The summed E-state index contributed by atoms with van der Waals surface area (Å²) in [5, 5.41) is 0.00202. The van der Waals surface area contributed by atoms with Gasteiger partial charge in [0, 0.05) is 0 Å². The van der Waals surface area contributed by atoms with E-state index in [-0.39, 0.29) is 10.8 Å². The third-order valence-corrected chi connectivity index (χ3v) is 6.25. The SMILES string of the molecule is Cc1cccc2c1C(Cl)C(CCC1=Cc3cccc(C)c3C1Cl)=C2. The second-order valence-corrected chi connectivity index (χ2v) is 7.69. The fourth-order valence-electron chi connectivity index (χ4n) is 3.95. The molecule has 122 valence electrons. The Morgan fingerprint density at radius 3 is 1.50 bits per heavy atom. The third-order valence-electron chi connectivity index (χ3n) is 5.26. The average Bonchev–Trinajstić information content (AvgIpc) is 3.05. The van der Waals surface area contributed by atoms with Crippen LogP contribution in [0.4, 0.5) is 0 Å². The van der Waals surface area contributed by atoms with Crippen molar-refractivity contribution in [3.8, 4) is 0 Å². The van der Waals surface area contributed by atoms with Gasteiger partial charge < -0.3 is 0 Å². The molecule has 0 saturated heterocycles. The Balaban J connectivity index is 1.52. The smallest absolute Gasteiger partial charge is 0.0807 e. The zero-order valence-corrected chi connectivity index (χ0v) is 15.5. The summed E-state index contributed by atoms with van der Waals surface area (Å²) in [7, 11) is 0. The number of benzene rings is 2. The minimum absolute atomic E-state index is 0.00101. The van der Waals surface area contributed by atoms with Crippen LogP contribution in [0.25, 0.3) is 12.2 Å². The molecule has 2 aromatic carbocycles. The van der Waals surface area contributed by atoms with Gasteiger partial charge in [-0.15, -0.1) is 23.2 Å². The summed E-state index contributed by atoms with van der Waals surface area (Å²) in [6.07, 6.45) is 6.45. The first-order valence-electron chi connectivity index (χ1n) is 8.44. The monoisotopic (exact) mass is 354 g/mol. The summed E-state index contributed by atoms with van der Waals surface area (Å²) >= 11 is 13.5. The Bertz CT molecular complexity index is 800. The lowest BCUT2D eigenvalue weighted by molar-refractivity contribution is 0.864. The Morgan fingerprint density at radius 2 is 1.12 bits per heavy atom. The van der Waals surface area contributed by atoms with Crippen LogP contribution in [-0.4, -0.2) is 0 Å². The summed E-state index contributed by atoms with van der Waals surface area (Å²) in [4.78, 5) is 0. The number of aryl methyl sites for hydroxylation is 2. The highest BCUT2D eigenvalue weighted by Gasteiger charge is 2.28. The topological polar surface area (TPSA) is 0 Å². The minimum atomic E-state index is 0.00101. The summed E-state index contributed by atoms with van der Waals surface area (Å²) in [6.45, 7) is 4.28. The van der Waals surface area contributed by atoms with Crippen molar-refractivity contribution in [2.24, 2.45) is 0 Å². The van der Waals surface area contributed by atoms with Crippen LogP contribution in [0.15, 0.2) is 47.5 Å². The number of halogens is 2. The van der Waals surface area contributed by atoms with Crippen LogP contribution in [0.3, 0.4) is 0 Å². The lowest BCUT2D eigenvalue weighted by Gasteiger charge is -2.14. The van der Waals surface area contributed by atoms with Crippen LogP contribution in [0.2, 0.25) is 0 Å². The summed E-state index contributed by atoms with van der Waals surface area (Å²) < 4.78 is 0. The van der Waals surface area contributed by atoms with Crippen LogP contribution in [0, 0.1) is 13.8 Å². The van der Waals surface area contributed by atoms with E-state index in [9.17, 15) is 0 Å². The van der Waals surface area contributed by atoms with E-state index in [1.165, 1.54) is 44.5 Å². The van der Waals surface area contributed by atoms with Gasteiger partial charge in [0.2, 0.25) is 0 Å². The molecule has 0 bridgehead atoms. The predicted octanol–water partition coefficient (Wildman–Crippen LogP) is 7.14. The highest BCUT2D eigenvalue weighted by Crippen LogP contribution is 2.46. The molecule has 0 amide bonds. The van der Waals surface area contributed by atoms with Gasteiger partial charge >= 0.3 is 0 Å². The molecule has 2 aliphatic rings. The molecule has 0 aliphatic heterocycles. The number of hydrogen-bond acceptors (Lipinski definition) is 0. The fraction of sp³-hybridized carbons (Fsp3) is 0.273. The lowest BCUT2D eigenvalue weighted by Crippen LogP contribution is -1.97. The quantitative estimate of drug-likeness (QED) is 0.513. The highest BCUT2D eigenvalue weighted by atomic mass is 35.5. The lowest BCUT2D eigenvalue weighted by atomic mass is 9.98. The van der Waals surface area contributed by atoms with Gasteiger partial charge in [-0.05, 0) is 71.2 Å². The van der Waals surface area contributed by atoms with E-state index in [2.05, 4.69) is 62.4 Å². The molecule has 0 aromatic heterocycles. The fourth-order valence-corrected chi connectivity index (χ4v) is 4.89. The molecule has 0 heterocycles. The first kappa shape index (κ1) is 16.0. The normalized spacial score (nSPS) is 21.3. The van der Waals surface area contributed by atoms with Crippen LogP contribution < -0.4 is 0 Å². The van der Waals surface area contributed by atoms with E-state index < -0.39 is 0 Å². The van der Waals surface area contributed by atoms with E-state index in [1.54, 1.807) is 0 Å². The Kier molecular flexibility index (Phi) is 4.06. The van der Waals surface area contributed by atoms with Crippen LogP contribution in [0.5, 0.6) is 0 Å². The van der Waals surface area contributed by atoms with Gasteiger partial charge in [0.05, 0.1) is 10.8 Å². The van der Waals surface area contributed by atoms with Crippen molar-refractivity contribution >= 4 is 35.4 Å². The predicted molar refractivity (Wildman–Crippen MR) is 105 cm³/mol. The van der Waals surface area contributed by atoms with Crippen molar-refractivity contribution in [2.75, 3.05) is 0 Å². The van der Waals surface area contributed by atoms with E-state index >= 15 is 0 Å². The molecular weight excluding hydrogens is 335 g/mol.